The molecule has 0 aliphatic rings. The van der Waals surface area contributed by atoms with Crippen molar-refractivity contribution in [3.8, 4) is 0 Å². The van der Waals surface area contributed by atoms with Gasteiger partial charge in [-0.15, -0.1) is 0 Å². The van der Waals surface area contributed by atoms with E-state index in [1.54, 1.807) is 6.07 Å². The Balaban J connectivity index is 1.85. The topological polar surface area (TPSA) is 81.4 Å². The van der Waals surface area contributed by atoms with E-state index in [0.29, 0.717) is 17.0 Å². The van der Waals surface area contributed by atoms with E-state index in [1.165, 1.54) is 12.2 Å². The Morgan fingerprint density at radius 2 is 2.09 bits per heavy atom. The average molecular weight is 316 g/mol. The lowest BCUT2D eigenvalue weighted by Gasteiger charge is -2.24. The second kappa shape index (κ2) is 7.09. The molecule has 2 rings (SSSR count). The van der Waals surface area contributed by atoms with Gasteiger partial charge in [-0.1, -0.05) is 19.1 Å². The van der Waals surface area contributed by atoms with Crippen LogP contribution in [-0.4, -0.2) is 29.0 Å². The summed E-state index contributed by atoms with van der Waals surface area (Å²) in [6, 6.07) is 7.29. The number of amides is 1. The molecule has 6 heteroatoms. The van der Waals surface area contributed by atoms with Crippen molar-refractivity contribution in [3.63, 3.8) is 0 Å². The Labute approximate surface area is 134 Å². The number of oxazole rings is 1. The largest absolute Gasteiger partial charge is 0.452 e. The van der Waals surface area contributed by atoms with E-state index in [4.69, 9.17) is 9.15 Å². The Kier molecular flexibility index (Phi) is 5.16. The lowest BCUT2D eigenvalue weighted by atomic mass is 10.0. The van der Waals surface area contributed by atoms with Crippen LogP contribution in [0, 0.1) is 0 Å². The Morgan fingerprint density at radius 3 is 2.78 bits per heavy atom. The average Bonchev–Trinajstić information content (AvgIpc) is 2.93. The van der Waals surface area contributed by atoms with Gasteiger partial charge >= 0.3 is 5.97 Å². The predicted molar refractivity (Wildman–Crippen MR) is 86.5 cm³/mol. The molecule has 0 fully saturated rings. The standard InChI is InChI=1S/C17H20N2O4/c1-4-17(2,3)19-14(20)11-22-16(21)10-9-15-18-12-7-5-6-8-13(12)23-15/h5-10H,4,11H2,1-3H3,(H,19,20)/b10-9+. The molecule has 1 aromatic heterocycles. The van der Waals surface area contributed by atoms with Gasteiger partial charge in [0.15, 0.2) is 12.2 Å². The first-order valence-electron chi connectivity index (χ1n) is 7.41. The summed E-state index contributed by atoms with van der Waals surface area (Å²) in [6.45, 7) is 5.45. The molecular formula is C17H20N2O4. The number of nitrogens with one attached hydrogen (secondary N) is 1. The normalized spacial score (nSPS) is 11.8. The van der Waals surface area contributed by atoms with E-state index in [9.17, 15) is 9.59 Å². The SMILES string of the molecule is CCC(C)(C)NC(=O)COC(=O)/C=C/c1nc2ccccc2o1. The van der Waals surface area contributed by atoms with Crippen LogP contribution in [0.2, 0.25) is 0 Å². The Hall–Kier alpha value is -2.63. The van der Waals surface area contributed by atoms with Crippen LogP contribution in [0.1, 0.15) is 33.1 Å². The van der Waals surface area contributed by atoms with E-state index in [2.05, 4.69) is 10.3 Å². The number of esters is 1. The summed E-state index contributed by atoms with van der Waals surface area (Å²) in [6.07, 6.45) is 3.38. The molecule has 1 heterocycles. The first-order chi connectivity index (χ1) is 10.9. The van der Waals surface area contributed by atoms with Gasteiger partial charge in [0.2, 0.25) is 5.89 Å². The molecule has 0 saturated carbocycles. The van der Waals surface area contributed by atoms with Crippen molar-refractivity contribution in [3.05, 3.63) is 36.2 Å². The molecule has 0 radical (unpaired) electrons. The molecule has 0 aliphatic heterocycles. The number of ether oxygens (including phenoxy) is 1. The van der Waals surface area contributed by atoms with Crippen molar-refractivity contribution in [1.82, 2.24) is 10.3 Å². The molecule has 23 heavy (non-hydrogen) atoms. The molecular weight excluding hydrogens is 296 g/mol. The second-order valence-corrected chi connectivity index (χ2v) is 5.75. The van der Waals surface area contributed by atoms with Crippen LogP contribution in [0.25, 0.3) is 17.2 Å². The zero-order valence-corrected chi connectivity index (χ0v) is 13.5. The third kappa shape index (κ3) is 4.95. The molecule has 0 spiro atoms. The van der Waals surface area contributed by atoms with Crippen molar-refractivity contribution in [2.75, 3.05) is 6.61 Å². The molecule has 0 bridgehead atoms. The number of carbonyl (C=O) groups excluding carboxylic acids is 2. The van der Waals surface area contributed by atoms with E-state index < -0.39 is 5.97 Å². The van der Waals surface area contributed by atoms with Crippen molar-refractivity contribution < 1.29 is 18.7 Å². The van der Waals surface area contributed by atoms with Crippen molar-refractivity contribution in [2.45, 2.75) is 32.7 Å². The van der Waals surface area contributed by atoms with E-state index in [-0.39, 0.29) is 18.1 Å². The summed E-state index contributed by atoms with van der Waals surface area (Å²) < 4.78 is 10.3. The van der Waals surface area contributed by atoms with Crippen molar-refractivity contribution in [1.29, 1.82) is 0 Å². The Bertz CT molecular complexity index is 698. The number of para-hydroxylation sites is 2. The number of benzene rings is 1. The number of aromatic nitrogens is 1. The van der Waals surface area contributed by atoms with Gasteiger partial charge in [0.1, 0.15) is 5.52 Å². The lowest BCUT2D eigenvalue weighted by Crippen LogP contribution is -2.44. The lowest BCUT2D eigenvalue weighted by molar-refractivity contribution is -0.144. The molecule has 0 unspecified atom stereocenters. The molecule has 6 nitrogen and oxygen atoms in total. The number of hydrogen-bond acceptors (Lipinski definition) is 5. The highest BCUT2D eigenvalue weighted by atomic mass is 16.5. The van der Waals surface area contributed by atoms with Gasteiger partial charge < -0.3 is 14.5 Å². The van der Waals surface area contributed by atoms with Crippen LogP contribution < -0.4 is 5.32 Å². The van der Waals surface area contributed by atoms with E-state index in [0.717, 1.165) is 6.42 Å². The fraction of sp³-hybridized carbons (Fsp3) is 0.353. The quantitative estimate of drug-likeness (QED) is 0.654. The molecule has 0 saturated heterocycles. The first kappa shape index (κ1) is 16.7. The number of nitrogens with zero attached hydrogens (tertiary/aromatic N) is 1. The molecule has 0 aliphatic carbocycles. The predicted octanol–water partition coefficient (Wildman–Crippen LogP) is 2.69. The zero-order chi connectivity index (χ0) is 16.9. The van der Waals surface area contributed by atoms with Crippen LogP contribution in [0.15, 0.2) is 34.8 Å². The molecule has 1 amide bonds. The summed E-state index contributed by atoms with van der Waals surface area (Å²) in [4.78, 5) is 27.5. The summed E-state index contributed by atoms with van der Waals surface area (Å²) >= 11 is 0. The highest BCUT2D eigenvalue weighted by Gasteiger charge is 2.18. The number of hydrogen-bond donors (Lipinski definition) is 1. The number of rotatable bonds is 6. The summed E-state index contributed by atoms with van der Waals surface area (Å²) in [5.74, 6) is -0.656. The molecule has 0 atom stereocenters. The maximum Gasteiger partial charge on any atom is 0.331 e. The first-order valence-corrected chi connectivity index (χ1v) is 7.41. The third-order valence-electron chi connectivity index (χ3n) is 3.38. The van der Waals surface area contributed by atoms with Crippen LogP contribution in [0.5, 0.6) is 0 Å². The smallest absolute Gasteiger partial charge is 0.331 e. The van der Waals surface area contributed by atoms with Crippen molar-refractivity contribution >= 4 is 29.1 Å². The monoisotopic (exact) mass is 316 g/mol. The minimum Gasteiger partial charge on any atom is -0.452 e. The Morgan fingerprint density at radius 1 is 1.35 bits per heavy atom. The van der Waals surface area contributed by atoms with Gasteiger partial charge in [0.25, 0.3) is 5.91 Å². The van der Waals surface area contributed by atoms with Crippen molar-refractivity contribution in [2.24, 2.45) is 0 Å². The van der Waals surface area contributed by atoms with Crippen LogP contribution in [-0.2, 0) is 14.3 Å². The number of fused-ring (bicyclic) bond motifs is 1. The molecule has 2 aromatic rings. The molecule has 1 N–H and O–H groups in total. The van der Waals surface area contributed by atoms with E-state index >= 15 is 0 Å². The summed E-state index contributed by atoms with van der Waals surface area (Å²) in [7, 11) is 0. The molecule has 1 aromatic carbocycles. The van der Waals surface area contributed by atoms with Crippen LogP contribution in [0.4, 0.5) is 0 Å². The fourth-order valence-electron chi connectivity index (χ4n) is 1.79. The highest BCUT2D eigenvalue weighted by molar-refractivity contribution is 5.89. The number of carbonyl (C=O) groups is 2. The van der Waals surface area contributed by atoms with Gasteiger partial charge in [-0.2, -0.15) is 0 Å². The summed E-state index contributed by atoms with van der Waals surface area (Å²) in [5.41, 5.74) is 1.03. The minimum absolute atomic E-state index is 0.305. The third-order valence-corrected chi connectivity index (χ3v) is 3.38. The maximum atomic E-state index is 11.7. The minimum atomic E-state index is -0.628. The summed E-state index contributed by atoms with van der Waals surface area (Å²) in [5, 5.41) is 2.78. The highest BCUT2D eigenvalue weighted by Crippen LogP contribution is 2.15. The molecule has 122 valence electrons. The fourth-order valence-corrected chi connectivity index (χ4v) is 1.79. The van der Waals surface area contributed by atoms with Crippen LogP contribution >= 0.6 is 0 Å². The van der Waals surface area contributed by atoms with Gasteiger partial charge in [0, 0.05) is 17.7 Å². The van der Waals surface area contributed by atoms with Gasteiger partial charge in [-0.25, -0.2) is 9.78 Å². The maximum absolute atomic E-state index is 11.7. The second-order valence-electron chi connectivity index (χ2n) is 5.75. The van der Waals surface area contributed by atoms with Gasteiger partial charge in [-0.05, 0) is 32.4 Å². The zero-order valence-electron chi connectivity index (χ0n) is 13.5. The van der Waals surface area contributed by atoms with E-state index in [1.807, 2.05) is 39.0 Å². The van der Waals surface area contributed by atoms with Gasteiger partial charge in [0.05, 0.1) is 0 Å². The van der Waals surface area contributed by atoms with Gasteiger partial charge in [-0.3, -0.25) is 4.79 Å². The van der Waals surface area contributed by atoms with Crippen LogP contribution in [0.3, 0.4) is 0 Å².